The number of aryl methyl sites for hydroxylation is 3. The van der Waals surface area contributed by atoms with Gasteiger partial charge < -0.3 is 4.90 Å². The fourth-order valence-corrected chi connectivity index (χ4v) is 4.63. The third-order valence-electron chi connectivity index (χ3n) is 5.80. The van der Waals surface area contributed by atoms with Gasteiger partial charge in [-0.3, -0.25) is 9.36 Å². The predicted octanol–water partition coefficient (Wildman–Crippen LogP) is 4.67. The van der Waals surface area contributed by atoms with Crippen molar-refractivity contribution in [3.05, 3.63) is 80.6 Å². The number of benzene rings is 1. The topological polar surface area (TPSA) is 51.0 Å². The molecule has 0 bridgehead atoms. The Labute approximate surface area is 182 Å². The second-order valence-electron chi connectivity index (χ2n) is 8.24. The third kappa shape index (κ3) is 4.41. The molecule has 1 aliphatic heterocycles. The number of hydrogen-bond acceptors (Lipinski definition) is 4. The molecular formula is C24H27ClN4O. The highest BCUT2D eigenvalue weighted by Gasteiger charge is 2.22. The van der Waals surface area contributed by atoms with Gasteiger partial charge in [-0.2, -0.15) is 0 Å². The highest BCUT2D eigenvalue weighted by Crippen LogP contribution is 2.30. The molecule has 1 aromatic carbocycles. The molecule has 0 unspecified atom stereocenters. The number of piperidine rings is 1. The quantitative estimate of drug-likeness (QED) is 0.613. The van der Waals surface area contributed by atoms with Gasteiger partial charge in [-0.1, -0.05) is 41.4 Å². The Hall–Kier alpha value is -2.66. The molecule has 2 aromatic heterocycles. The second-order valence-corrected chi connectivity index (χ2v) is 8.65. The van der Waals surface area contributed by atoms with Crippen LogP contribution in [0, 0.1) is 26.7 Å². The lowest BCUT2D eigenvalue weighted by Gasteiger charge is -2.33. The van der Waals surface area contributed by atoms with Crippen molar-refractivity contribution in [2.24, 2.45) is 5.92 Å². The molecule has 1 saturated heterocycles. The average molecular weight is 423 g/mol. The van der Waals surface area contributed by atoms with E-state index >= 15 is 0 Å². The van der Waals surface area contributed by atoms with Crippen molar-refractivity contribution >= 4 is 17.4 Å². The Morgan fingerprint density at radius 2 is 1.87 bits per heavy atom. The fraction of sp³-hybridized carbons (Fsp3) is 0.375. The lowest BCUT2D eigenvalue weighted by molar-refractivity contribution is 0.402. The van der Waals surface area contributed by atoms with Crippen LogP contribution in [-0.2, 0) is 6.42 Å². The summed E-state index contributed by atoms with van der Waals surface area (Å²) in [5, 5.41) is 0.566. The van der Waals surface area contributed by atoms with Crippen molar-refractivity contribution in [1.29, 1.82) is 0 Å². The molecule has 1 aliphatic rings. The van der Waals surface area contributed by atoms with Gasteiger partial charge >= 0.3 is 0 Å². The molecule has 0 radical (unpaired) electrons. The van der Waals surface area contributed by atoms with Crippen molar-refractivity contribution in [3.8, 4) is 5.69 Å². The minimum Gasteiger partial charge on any atom is -0.355 e. The normalized spacial score (nSPS) is 14.9. The smallest absolute Gasteiger partial charge is 0.258 e. The summed E-state index contributed by atoms with van der Waals surface area (Å²) in [4.78, 5) is 23.7. The molecule has 4 rings (SSSR count). The molecule has 0 aliphatic carbocycles. The summed E-state index contributed by atoms with van der Waals surface area (Å²) >= 11 is 6.59. The first-order valence-corrected chi connectivity index (χ1v) is 10.8. The average Bonchev–Trinajstić information content (AvgIpc) is 2.68. The van der Waals surface area contributed by atoms with Crippen molar-refractivity contribution in [2.45, 2.75) is 40.0 Å². The zero-order chi connectivity index (χ0) is 21.3. The van der Waals surface area contributed by atoms with Gasteiger partial charge in [-0.15, -0.1) is 0 Å². The van der Waals surface area contributed by atoms with Gasteiger partial charge in [-0.05, 0) is 57.6 Å². The monoisotopic (exact) mass is 422 g/mol. The van der Waals surface area contributed by atoms with Gasteiger partial charge in [0, 0.05) is 24.8 Å². The number of anilines is 1. The molecule has 0 saturated carbocycles. The van der Waals surface area contributed by atoms with E-state index in [0.717, 1.165) is 38.2 Å². The highest BCUT2D eigenvalue weighted by atomic mass is 35.5. The Morgan fingerprint density at radius 3 is 2.53 bits per heavy atom. The Morgan fingerprint density at radius 1 is 1.10 bits per heavy atom. The largest absolute Gasteiger partial charge is 0.355 e. The maximum atomic E-state index is 12.4. The van der Waals surface area contributed by atoms with Gasteiger partial charge in [0.15, 0.2) is 0 Å². The number of nitrogens with zero attached hydrogens (tertiary/aromatic N) is 4. The van der Waals surface area contributed by atoms with Gasteiger partial charge in [0.25, 0.3) is 5.56 Å². The number of pyridine rings is 1. The van der Waals surface area contributed by atoms with Crippen LogP contribution in [0.25, 0.3) is 5.69 Å². The molecule has 30 heavy (non-hydrogen) atoms. The summed E-state index contributed by atoms with van der Waals surface area (Å²) < 4.78 is 1.55. The van der Waals surface area contributed by atoms with E-state index in [-0.39, 0.29) is 5.56 Å². The molecule has 0 spiro atoms. The van der Waals surface area contributed by atoms with Crippen molar-refractivity contribution in [2.75, 3.05) is 18.0 Å². The number of halogens is 1. The summed E-state index contributed by atoms with van der Waals surface area (Å²) in [7, 11) is 0. The van der Waals surface area contributed by atoms with Crippen LogP contribution in [0.1, 0.15) is 35.5 Å². The van der Waals surface area contributed by atoms with Crippen molar-refractivity contribution in [3.63, 3.8) is 0 Å². The van der Waals surface area contributed by atoms with Gasteiger partial charge in [-0.25, -0.2) is 9.97 Å². The molecule has 0 atom stereocenters. The first kappa shape index (κ1) is 20.6. The van der Waals surface area contributed by atoms with E-state index in [2.05, 4.69) is 46.1 Å². The van der Waals surface area contributed by atoms with Crippen LogP contribution in [0.2, 0.25) is 5.02 Å². The van der Waals surface area contributed by atoms with Crippen LogP contribution >= 0.6 is 11.6 Å². The molecule has 5 nitrogen and oxygen atoms in total. The molecule has 0 N–H and O–H groups in total. The van der Waals surface area contributed by atoms with Crippen LogP contribution in [0.5, 0.6) is 0 Å². The molecule has 3 heterocycles. The highest BCUT2D eigenvalue weighted by molar-refractivity contribution is 6.33. The number of aromatic nitrogens is 3. The Balaban J connectivity index is 1.47. The summed E-state index contributed by atoms with van der Waals surface area (Å²) in [5.41, 5.74) is 3.97. The second kappa shape index (κ2) is 8.60. The van der Waals surface area contributed by atoms with Crippen LogP contribution < -0.4 is 10.5 Å². The van der Waals surface area contributed by atoms with E-state index < -0.39 is 0 Å². The summed E-state index contributed by atoms with van der Waals surface area (Å²) in [6.07, 6.45) is 5.08. The molecule has 3 aromatic rings. The van der Waals surface area contributed by atoms with Crippen molar-refractivity contribution in [1.82, 2.24) is 14.5 Å². The lowest BCUT2D eigenvalue weighted by Crippen LogP contribution is -2.35. The molecular weight excluding hydrogens is 396 g/mol. The van der Waals surface area contributed by atoms with Crippen LogP contribution in [0.15, 0.2) is 47.4 Å². The van der Waals surface area contributed by atoms with Gasteiger partial charge in [0.2, 0.25) is 0 Å². The minimum atomic E-state index is -0.123. The van der Waals surface area contributed by atoms with Crippen LogP contribution in [0.4, 0.5) is 5.82 Å². The first-order valence-electron chi connectivity index (χ1n) is 10.4. The van der Waals surface area contributed by atoms with Crippen LogP contribution in [0.3, 0.4) is 0 Å². The van der Waals surface area contributed by atoms with E-state index in [1.54, 1.807) is 10.8 Å². The molecule has 156 valence electrons. The molecule has 0 amide bonds. The summed E-state index contributed by atoms with van der Waals surface area (Å²) in [6.45, 7) is 7.65. The van der Waals surface area contributed by atoms with Crippen molar-refractivity contribution < 1.29 is 0 Å². The Kier molecular flexibility index (Phi) is 5.91. The third-order valence-corrected chi connectivity index (χ3v) is 6.08. The number of hydrogen-bond donors (Lipinski definition) is 0. The van der Waals surface area contributed by atoms with Gasteiger partial charge in [0.1, 0.15) is 11.6 Å². The van der Waals surface area contributed by atoms with E-state index in [1.807, 2.05) is 19.9 Å². The van der Waals surface area contributed by atoms with E-state index in [0.29, 0.717) is 28.1 Å². The standard InChI is InChI=1S/C24H27ClN4O/c1-16-5-4-6-20(11-16)13-19-7-9-28(10-8-19)24-22(25)14-21(15-26-24)29-18(3)27-17(2)12-23(29)30/h4-6,11-12,14-15,19H,7-10,13H2,1-3H3. The van der Waals surface area contributed by atoms with Gasteiger partial charge in [0.05, 0.1) is 16.9 Å². The Bertz CT molecular complexity index is 1120. The van der Waals surface area contributed by atoms with E-state index in [1.165, 1.54) is 17.2 Å². The molecule has 1 fully saturated rings. The maximum absolute atomic E-state index is 12.4. The lowest BCUT2D eigenvalue weighted by atomic mass is 9.90. The fourth-order valence-electron chi connectivity index (χ4n) is 4.35. The SMILES string of the molecule is Cc1cccc(CC2CCN(c3ncc(-n4c(C)nc(C)cc4=O)cc3Cl)CC2)c1. The first-order chi connectivity index (χ1) is 14.4. The minimum absolute atomic E-state index is 0.123. The number of rotatable bonds is 4. The molecule has 6 heteroatoms. The maximum Gasteiger partial charge on any atom is 0.258 e. The van der Waals surface area contributed by atoms with E-state index in [4.69, 9.17) is 11.6 Å². The summed E-state index contributed by atoms with van der Waals surface area (Å²) in [6, 6.07) is 12.1. The zero-order valence-electron chi connectivity index (χ0n) is 17.7. The van der Waals surface area contributed by atoms with E-state index in [9.17, 15) is 4.79 Å². The predicted molar refractivity (Wildman–Crippen MR) is 122 cm³/mol. The zero-order valence-corrected chi connectivity index (χ0v) is 18.5. The summed E-state index contributed by atoms with van der Waals surface area (Å²) in [5.74, 6) is 2.10. The van der Waals surface area contributed by atoms with Crippen LogP contribution in [-0.4, -0.2) is 27.6 Å².